The molecule has 1 rings (SSSR count). The third-order valence-electron chi connectivity index (χ3n) is 10.2. The van der Waals surface area contributed by atoms with Crippen molar-refractivity contribution in [3.05, 3.63) is 12.2 Å². The van der Waals surface area contributed by atoms with Crippen LogP contribution in [0.2, 0.25) is 0 Å². The Morgan fingerprint density at radius 3 is 1.73 bits per heavy atom. The van der Waals surface area contributed by atoms with Crippen LogP contribution in [0.15, 0.2) is 12.2 Å². The lowest BCUT2D eigenvalue weighted by Crippen LogP contribution is -2.37. The number of ether oxygens (including phenoxy) is 3. The van der Waals surface area contributed by atoms with E-state index in [4.69, 9.17) is 23.3 Å². The predicted octanol–water partition coefficient (Wildman–Crippen LogP) is 10.9. The van der Waals surface area contributed by atoms with Gasteiger partial charge in [0.15, 0.2) is 6.10 Å². The molecule has 1 saturated heterocycles. The van der Waals surface area contributed by atoms with Crippen LogP contribution in [0.4, 0.5) is 0 Å². The standard InChI is InChI=1S/C44H84NO9P/c1-6-8-10-11-12-13-14-15-16-17-18-19-23-26-30-34-43(46)50-38-40(39-52-55(48,49)51-37-36-45(3,4)5)53-44(47)35-31-27-24-21-20-22-25-29-33-42-41(54-42)32-28-9-7-2/h25,29,40-42H,6-24,26-28,30-39H2,1-5H3/b29-25-. The lowest BCUT2D eigenvalue weighted by molar-refractivity contribution is -0.870. The molecule has 4 unspecified atom stereocenters. The summed E-state index contributed by atoms with van der Waals surface area (Å²) < 4.78 is 39.7. The molecular weight excluding hydrogens is 717 g/mol. The quantitative estimate of drug-likeness (QED) is 0.0149. The molecular formula is C44H84NO9P. The molecule has 1 aliphatic heterocycles. The molecule has 0 bridgehead atoms. The van der Waals surface area contributed by atoms with E-state index in [1.54, 1.807) is 0 Å². The summed E-state index contributed by atoms with van der Waals surface area (Å²) in [5.74, 6) is -0.848. The zero-order valence-corrected chi connectivity index (χ0v) is 37.0. The monoisotopic (exact) mass is 802 g/mol. The molecule has 10 nitrogen and oxygen atoms in total. The van der Waals surface area contributed by atoms with Gasteiger partial charge in [0.25, 0.3) is 7.82 Å². The molecule has 0 radical (unpaired) electrons. The Kier molecular flexibility index (Phi) is 31.7. The van der Waals surface area contributed by atoms with Crippen LogP contribution in [0.5, 0.6) is 0 Å². The van der Waals surface area contributed by atoms with E-state index in [1.165, 1.54) is 103 Å². The molecule has 0 spiro atoms. The Labute approximate surface area is 337 Å². The highest BCUT2D eigenvalue weighted by atomic mass is 31.2. The molecule has 0 aromatic rings. The normalized spacial score (nSPS) is 17.3. The fourth-order valence-corrected chi connectivity index (χ4v) is 7.27. The lowest BCUT2D eigenvalue weighted by atomic mass is 10.0. The summed E-state index contributed by atoms with van der Waals surface area (Å²) in [6.45, 7) is 4.19. The Bertz CT molecular complexity index is 1020. The van der Waals surface area contributed by atoms with Crippen LogP contribution in [0.3, 0.4) is 0 Å². The maximum Gasteiger partial charge on any atom is 0.306 e. The number of unbranched alkanes of at least 4 members (excludes halogenated alkanes) is 21. The van der Waals surface area contributed by atoms with Gasteiger partial charge in [-0.15, -0.1) is 0 Å². The number of carbonyl (C=O) groups excluding carboxylic acids is 2. The third-order valence-corrected chi connectivity index (χ3v) is 11.2. The minimum absolute atomic E-state index is 0.0334. The zero-order chi connectivity index (χ0) is 40.5. The molecule has 0 aliphatic carbocycles. The first-order valence-corrected chi connectivity index (χ1v) is 24.0. The largest absolute Gasteiger partial charge is 0.756 e. The summed E-state index contributed by atoms with van der Waals surface area (Å²) in [6.07, 6.45) is 35.4. The number of phosphoric ester groups is 1. The van der Waals surface area contributed by atoms with E-state index in [2.05, 4.69) is 26.0 Å². The SMILES string of the molecule is CCCCCCCCCCCCCCCCCC(=O)OCC(COP(=O)([O-])OCC[N+](C)(C)C)OC(=O)CCCCCCC/C=C\CC1OC1CCCCC. The van der Waals surface area contributed by atoms with Gasteiger partial charge in [-0.05, 0) is 38.5 Å². The van der Waals surface area contributed by atoms with Crippen molar-refractivity contribution in [2.24, 2.45) is 0 Å². The van der Waals surface area contributed by atoms with Gasteiger partial charge in [-0.3, -0.25) is 14.2 Å². The fourth-order valence-electron chi connectivity index (χ4n) is 6.54. The van der Waals surface area contributed by atoms with Gasteiger partial charge in [-0.1, -0.05) is 154 Å². The van der Waals surface area contributed by atoms with E-state index in [-0.39, 0.29) is 32.0 Å². The number of epoxide rings is 1. The molecule has 0 aromatic heterocycles. The van der Waals surface area contributed by atoms with Gasteiger partial charge in [0.1, 0.15) is 19.8 Å². The molecule has 0 amide bonds. The van der Waals surface area contributed by atoms with Gasteiger partial charge in [-0.2, -0.15) is 0 Å². The van der Waals surface area contributed by atoms with Crippen molar-refractivity contribution in [1.29, 1.82) is 0 Å². The Morgan fingerprint density at radius 2 is 1.16 bits per heavy atom. The van der Waals surface area contributed by atoms with Gasteiger partial charge in [0.2, 0.25) is 0 Å². The number of allylic oxidation sites excluding steroid dienone is 1. The second kappa shape index (κ2) is 33.7. The van der Waals surface area contributed by atoms with Crippen molar-refractivity contribution in [2.45, 2.75) is 212 Å². The van der Waals surface area contributed by atoms with Crippen LogP contribution in [-0.2, 0) is 37.4 Å². The summed E-state index contributed by atoms with van der Waals surface area (Å²) in [7, 11) is 1.16. The first kappa shape index (κ1) is 51.7. The molecule has 11 heteroatoms. The second-order valence-electron chi connectivity index (χ2n) is 16.8. The first-order valence-electron chi connectivity index (χ1n) is 22.5. The van der Waals surface area contributed by atoms with Gasteiger partial charge in [-0.25, -0.2) is 0 Å². The van der Waals surface area contributed by atoms with Crippen LogP contribution in [-0.4, -0.2) is 82.2 Å². The van der Waals surface area contributed by atoms with Gasteiger partial charge in [0, 0.05) is 12.8 Å². The van der Waals surface area contributed by atoms with Crippen LogP contribution in [0, 0.1) is 0 Å². The molecule has 1 fully saturated rings. The van der Waals surface area contributed by atoms with Crippen molar-refractivity contribution in [3.63, 3.8) is 0 Å². The molecule has 0 saturated carbocycles. The Hall–Kier alpha value is -1.29. The van der Waals surface area contributed by atoms with Crippen LogP contribution in [0.1, 0.15) is 194 Å². The van der Waals surface area contributed by atoms with Gasteiger partial charge < -0.3 is 32.6 Å². The average Bonchev–Trinajstić information content (AvgIpc) is 3.89. The van der Waals surface area contributed by atoms with Crippen molar-refractivity contribution in [1.82, 2.24) is 0 Å². The molecule has 0 N–H and O–H groups in total. The highest BCUT2D eigenvalue weighted by Crippen LogP contribution is 2.38. The average molecular weight is 802 g/mol. The number of nitrogens with zero attached hydrogens (tertiary/aromatic N) is 1. The molecule has 324 valence electrons. The maximum atomic E-state index is 12.7. The number of hydrogen-bond donors (Lipinski definition) is 0. The van der Waals surface area contributed by atoms with Gasteiger partial charge in [0.05, 0.1) is 40.0 Å². The summed E-state index contributed by atoms with van der Waals surface area (Å²) >= 11 is 0. The lowest BCUT2D eigenvalue weighted by Gasteiger charge is -2.28. The Balaban J connectivity index is 2.26. The van der Waals surface area contributed by atoms with E-state index < -0.39 is 26.5 Å². The summed E-state index contributed by atoms with van der Waals surface area (Å²) in [4.78, 5) is 37.5. The summed E-state index contributed by atoms with van der Waals surface area (Å²) in [5, 5.41) is 0. The van der Waals surface area contributed by atoms with Crippen molar-refractivity contribution >= 4 is 19.8 Å². The van der Waals surface area contributed by atoms with E-state index >= 15 is 0 Å². The zero-order valence-electron chi connectivity index (χ0n) is 36.1. The fraction of sp³-hybridized carbons (Fsp3) is 0.909. The van der Waals surface area contributed by atoms with E-state index in [0.29, 0.717) is 29.7 Å². The second-order valence-corrected chi connectivity index (χ2v) is 18.2. The Morgan fingerprint density at radius 1 is 0.655 bits per heavy atom. The molecule has 55 heavy (non-hydrogen) atoms. The molecule has 0 aromatic carbocycles. The number of esters is 2. The number of likely N-dealkylation sites (N-methyl/N-ethyl adjacent to an activating group) is 1. The van der Waals surface area contributed by atoms with E-state index in [9.17, 15) is 19.0 Å². The number of hydrogen-bond acceptors (Lipinski definition) is 9. The molecule has 4 atom stereocenters. The highest BCUT2D eigenvalue weighted by molar-refractivity contribution is 7.45. The molecule has 1 heterocycles. The molecule has 1 aliphatic rings. The highest BCUT2D eigenvalue weighted by Gasteiger charge is 2.36. The third kappa shape index (κ3) is 34.5. The minimum Gasteiger partial charge on any atom is -0.756 e. The number of quaternary nitrogens is 1. The predicted molar refractivity (Wildman–Crippen MR) is 222 cm³/mol. The minimum atomic E-state index is -4.63. The maximum absolute atomic E-state index is 12.7. The van der Waals surface area contributed by atoms with Gasteiger partial charge >= 0.3 is 11.9 Å². The van der Waals surface area contributed by atoms with Crippen molar-refractivity contribution in [2.75, 3.05) is 47.5 Å². The van der Waals surface area contributed by atoms with E-state index in [0.717, 1.165) is 57.8 Å². The van der Waals surface area contributed by atoms with E-state index in [1.807, 2.05) is 21.1 Å². The van der Waals surface area contributed by atoms with Crippen LogP contribution >= 0.6 is 7.82 Å². The smallest absolute Gasteiger partial charge is 0.306 e. The van der Waals surface area contributed by atoms with Crippen LogP contribution in [0.25, 0.3) is 0 Å². The number of phosphoric acid groups is 1. The number of rotatable bonds is 40. The summed E-state index contributed by atoms with van der Waals surface area (Å²) in [5.41, 5.74) is 0. The summed E-state index contributed by atoms with van der Waals surface area (Å²) in [6, 6.07) is 0. The first-order chi connectivity index (χ1) is 26.5. The number of carbonyl (C=O) groups is 2. The van der Waals surface area contributed by atoms with Crippen molar-refractivity contribution < 1.29 is 46.8 Å². The van der Waals surface area contributed by atoms with Crippen LogP contribution < -0.4 is 4.89 Å². The topological polar surface area (TPSA) is 124 Å². The van der Waals surface area contributed by atoms with Crippen molar-refractivity contribution in [3.8, 4) is 0 Å².